The summed E-state index contributed by atoms with van der Waals surface area (Å²) < 4.78 is 61.1. The van der Waals surface area contributed by atoms with Crippen LogP contribution in [0.4, 0.5) is 22.4 Å². The van der Waals surface area contributed by atoms with Crippen LogP contribution in [-0.4, -0.2) is 40.1 Å². The van der Waals surface area contributed by atoms with Gasteiger partial charge in [-0.15, -0.1) is 13.2 Å². The molecular weight excluding hydrogens is 382 g/mol. The molecule has 1 aromatic carbocycles. The summed E-state index contributed by atoms with van der Waals surface area (Å²) in [5.74, 6) is -1.42. The first kappa shape index (κ1) is 20.7. The van der Waals surface area contributed by atoms with Crippen molar-refractivity contribution in [3.8, 4) is 5.75 Å². The van der Waals surface area contributed by atoms with Crippen molar-refractivity contribution in [2.75, 3.05) is 0 Å². The minimum atomic E-state index is -4.92. The molecule has 3 rings (SSSR count). The summed E-state index contributed by atoms with van der Waals surface area (Å²) in [5.41, 5.74) is -2.63. The number of ether oxygens (including phenoxy) is 2. The van der Waals surface area contributed by atoms with Gasteiger partial charge in [-0.25, -0.2) is 9.18 Å². The Balaban J connectivity index is 1.84. The van der Waals surface area contributed by atoms with E-state index in [2.05, 4.69) is 4.74 Å². The Labute approximate surface area is 160 Å². The highest BCUT2D eigenvalue weighted by Crippen LogP contribution is 2.47. The Morgan fingerprint density at radius 2 is 1.75 bits per heavy atom. The third kappa shape index (κ3) is 4.34. The molecule has 2 heterocycles. The molecule has 2 unspecified atom stereocenters. The van der Waals surface area contributed by atoms with Crippen molar-refractivity contribution in [1.82, 2.24) is 4.90 Å². The third-order valence-corrected chi connectivity index (χ3v) is 5.04. The highest BCUT2D eigenvalue weighted by atomic mass is 19.4. The van der Waals surface area contributed by atoms with Gasteiger partial charge in [0.1, 0.15) is 17.2 Å². The molecule has 0 saturated carbocycles. The van der Waals surface area contributed by atoms with Crippen LogP contribution < -0.4 is 4.74 Å². The van der Waals surface area contributed by atoms with E-state index in [4.69, 9.17) is 4.74 Å². The van der Waals surface area contributed by atoms with Crippen LogP contribution in [0, 0.1) is 5.82 Å². The Kier molecular flexibility index (Phi) is 5.02. The van der Waals surface area contributed by atoms with Crippen LogP contribution in [0.15, 0.2) is 18.2 Å². The molecule has 2 atom stereocenters. The van der Waals surface area contributed by atoms with Crippen molar-refractivity contribution < 1.29 is 36.9 Å². The Hall–Kier alpha value is -2.03. The zero-order chi connectivity index (χ0) is 20.9. The smallest absolute Gasteiger partial charge is 0.444 e. The number of hydrogen-bond acceptors (Lipinski definition) is 4. The maximum absolute atomic E-state index is 14.4. The highest BCUT2D eigenvalue weighted by Gasteiger charge is 2.52. The molecule has 2 aliphatic rings. The second-order valence-corrected chi connectivity index (χ2v) is 8.40. The Bertz CT molecular complexity index is 745. The fraction of sp³-hybridized carbons (Fsp3) is 0.632. The number of nitrogens with zero attached hydrogens (tertiary/aromatic N) is 1. The highest BCUT2D eigenvalue weighted by molar-refractivity contribution is 5.70. The van der Waals surface area contributed by atoms with Gasteiger partial charge in [-0.05, 0) is 51.8 Å². The van der Waals surface area contributed by atoms with E-state index >= 15 is 0 Å². The number of hydrogen-bond donors (Lipinski definition) is 1. The molecule has 2 aliphatic heterocycles. The number of rotatable bonds is 2. The molecule has 0 radical (unpaired) electrons. The fourth-order valence-corrected chi connectivity index (χ4v) is 4.12. The molecule has 156 valence electrons. The van der Waals surface area contributed by atoms with Crippen LogP contribution in [0.2, 0.25) is 0 Å². The van der Waals surface area contributed by atoms with Gasteiger partial charge in [0.25, 0.3) is 0 Å². The van der Waals surface area contributed by atoms with E-state index in [1.807, 2.05) is 0 Å². The number of alkyl halides is 3. The number of fused-ring (bicyclic) bond motifs is 2. The number of halogens is 4. The number of carbonyl (C=O) groups is 1. The lowest BCUT2D eigenvalue weighted by Gasteiger charge is -2.44. The van der Waals surface area contributed by atoms with Crippen LogP contribution >= 0.6 is 0 Å². The lowest BCUT2D eigenvalue weighted by atomic mass is 9.80. The lowest BCUT2D eigenvalue weighted by Crippen LogP contribution is -2.53. The minimum absolute atomic E-state index is 0.00906. The van der Waals surface area contributed by atoms with Crippen LogP contribution in [0.25, 0.3) is 0 Å². The first-order valence-electron chi connectivity index (χ1n) is 9.07. The van der Waals surface area contributed by atoms with E-state index in [0.29, 0.717) is 12.8 Å². The molecular formula is C19H23F4NO4. The Morgan fingerprint density at radius 3 is 2.25 bits per heavy atom. The number of aliphatic hydroxyl groups is 1. The van der Waals surface area contributed by atoms with Gasteiger partial charge in [-0.3, -0.25) is 0 Å². The van der Waals surface area contributed by atoms with Crippen molar-refractivity contribution in [3.05, 3.63) is 29.6 Å². The molecule has 1 N–H and O–H groups in total. The lowest BCUT2D eigenvalue weighted by molar-refractivity contribution is -0.274. The zero-order valence-corrected chi connectivity index (χ0v) is 15.8. The summed E-state index contributed by atoms with van der Waals surface area (Å²) in [6.07, 6.45) is -4.20. The van der Waals surface area contributed by atoms with E-state index in [0.717, 1.165) is 18.2 Å². The van der Waals surface area contributed by atoms with Gasteiger partial charge in [-0.2, -0.15) is 0 Å². The molecule has 9 heteroatoms. The van der Waals surface area contributed by atoms with E-state index in [1.165, 1.54) is 0 Å². The number of carbonyl (C=O) groups excluding carboxylic acids is 1. The molecule has 2 fully saturated rings. The minimum Gasteiger partial charge on any atom is -0.444 e. The van der Waals surface area contributed by atoms with E-state index in [1.54, 1.807) is 25.7 Å². The molecule has 2 saturated heterocycles. The van der Waals surface area contributed by atoms with Gasteiger partial charge in [0.05, 0.1) is 5.60 Å². The van der Waals surface area contributed by atoms with Crippen molar-refractivity contribution in [2.24, 2.45) is 0 Å². The van der Waals surface area contributed by atoms with Gasteiger partial charge >= 0.3 is 12.5 Å². The topological polar surface area (TPSA) is 59.0 Å². The first-order valence-corrected chi connectivity index (χ1v) is 9.07. The molecule has 1 aromatic rings. The third-order valence-electron chi connectivity index (χ3n) is 5.04. The summed E-state index contributed by atoms with van der Waals surface area (Å²) in [4.78, 5) is 14.1. The standard InChI is InChI=1S/C19H23F4NO4/c1-17(2,3)28-16(25)24-11-4-5-12(24)10-18(26,9-11)14-8-13(6-7-15(14)20)27-19(21,22)23/h6-8,11-12,26H,4-5,9-10H2,1-3H3. The second kappa shape index (κ2) is 6.79. The van der Waals surface area contributed by atoms with Gasteiger partial charge in [0.15, 0.2) is 0 Å². The van der Waals surface area contributed by atoms with Crippen LogP contribution in [0.3, 0.4) is 0 Å². The van der Waals surface area contributed by atoms with E-state index in [9.17, 15) is 27.5 Å². The molecule has 2 bridgehead atoms. The van der Waals surface area contributed by atoms with Gasteiger partial charge in [-0.1, -0.05) is 0 Å². The fourth-order valence-electron chi connectivity index (χ4n) is 4.12. The second-order valence-electron chi connectivity index (χ2n) is 8.40. The van der Waals surface area contributed by atoms with Crippen molar-refractivity contribution >= 4 is 6.09 Å². The predicted molar refractivity (Wildman–Crippen MR) is 91.1 cm³/mol. The van der Waals surface area contributed by atoms with Crippen molar-refractivity contribution in [2.45, 2.75) is 76.1 Å². The quantitative estimate of drug-likeness (QED) is 0.738. The van der Waals surface area contributed by atoms with Crippen LogP contribution in [-0.2, 0) is 10.3 Å². The van der Waals surface area contributed by atoms with Gasteiger partial charge in [0.2, 0.25) is 0 Å². The normalized spacial score (nSPS) is 27.6. The summed E-state index contributed by atoms with van der Waals surface area (Å²) in [6, 6.07) is 1.82. The molecule has 0 aromatic heterocycles. The van der Waals surface area contributed by atoms with Crippen molar-refractivity contribution in [1.29, 1.82) is 0 Å². The first-order chi connectivity index (χ1) is 12.8. The average Bonchev–Trinajstić information content (AvgIpc) is 2.79. The summed E-state index contributed by atoms with van der Waals surface area (Å²) in [6.45, 7) is 5.23. The molecule has 28 heavy (non-hydrogen) atoms. The van der Waals surface area contributed by atoms with E-state index in [-0.39, 0.29) is 30.5 Å². The molecule has 1 amide bonds. The van der Waals surface area contributed by atoms with Gasteiger partial charge in [0, 0.05) is 30.5 Å². The number of piperidine rings is 1. The molecule has 5 nitrogen and oxygen atoms in total. The maximum Gasteiger partial charge on any atom is 0.573 e. The van der Waals surface area contributed by atoms with Crippen molar-refractivity contribution in [3.63, 3.8) is 0 Å². The summed E-state index contributed by atoms with van der Waals surface area (Å²) in [7, 11) is 0. The summed E-state index contributed by atoms with van der Waals surface area (Å²) in [5, 5.41) is 11.1. The molecule has 0 aliphatic carbocycles. The zero-order valence-electron chi connectivity index (χ0n) is 15.8. The summed E-state index contributed by atoms with van der Waals surface area (Å²) >= 11 is 0. The average molecular weight is 405 g/mol. The van der Waals surface area contributed by atoms with Crippen LogP contribution in [0.1, 0.15) is 52.0 Å². The maximum atomic E-state index is 14.4. The Morgan fingerprint density at radius 1 is 1.18 bits per heavy atom. The van der Waals surface area contributed by atoms with Gasteiger partial charge < -0.3 is 19.5 Å². The number of amides is 1. The largest absolute Gasteiger partial charge is 0.573 e. The molecule has 0 spiro atoms. The number of benzene rings is 1. The predicted octanol–water partition coefficient (Wildman–Crippen LogP) is 4.47. The van der Waals surface area contributed by atoms with E-state index < -0.39 is 35.2 Å². The monoisotopic (exact) mass is 405 g/mol. The van der Waals surface area contributed by atoms with Crippen LogP contribution in [0.5, 0.6) is 5.75 Å². The SMILES string of the molecule is CC(C)(C)OC(=O)N1C2CCC1CC(O)(c1cc(OC(F)(F)F)ccc1F)C2.